The Bertz CT molecular complexity index is 1380. The second-order valence-corrected chi connectivity index (χ2v) is 8.15. The van der Waals surface area contributed by atoms with Gasteiger partial charge in [-0.2, -0.15) is 0 Å². The Kier molecular flexibility index (Phi) is 7.98. The lowest BCUT2D eigenvalue weighted by molar-refractivity contribution is 0.374. The van der Waals surface area contributed by atoms with E-state index in [1.54, 1.807) is 7.11 Å². The van der Waals surface area contributed by atoms with Gasteiger partial charge in [-0.05, 0) is 43.3 Å². The van der Waals surface area contributed by atoms with Gasteiger partial charge in [0.2, 0.25) is 0 Å². The summed E-state index contributed by atoms with van der Waals surface area (Å²) >= 11 is 0. The molecule has 0 saturated carbocycles. The average Bonchev–Trinajstić information content (AvgIpc) is 3.08. The molecule has 5 rings (SSSR count). The number of pyridine rings is 1. The predicted octanol–water partition coefficient (Wildman–Crippen LogP) is 5.44. The van der Waals surface area contributed by atoms with Crippen LogP contribution in [0.15, 0.2) is 119 Å². The molecular formula is C30H29N3O3. The Labute approximate surface area is 211 Å². The number of aromatic nitrogens is 1. The third-order valence-corrected chi connectivity index (χ3v) is 5.65. The highest BCUT2D eigenvalue weighted by Gasteiger charge is 2.22. The maximum Gasteiger partial charge on any atom is 0.193 e. The SMILES string of the molecule is COc1ccc(OCC2=NC(C)=CCc3c2c(=O)cc(N)n3-c2ccccc2)cc1.c1ccccc1. The van der Waals surface area contributed by atoms with Gasteiger partial charge in [0.1, 0.15) is 23.9 Å². The van der Waals surface area contributed by atoms with Crippen molar-refractivity contribution in [2.24, 2.45) is 4.99 Å². The number of methoxy groups -OCH3 is 1. The summed E-state index contributed by atoms with van der Waals surface area (Å²) in [5.74, 6) is 1.82. The highest BCUT2D eigenvalue weighted by Crippen LogP contribution is 2.23. The minimum Gasteiger partial charge on any atom is -0.497 e. The Morgan fingerprint density at radius 3 is 2.08 bits per heavy atom. The van der Waals surface area contributed by atoms with Gasteiger partial charge in [-0.1, -0.05) is 60.7 Å². The van der Waals surface area contributed by atoms with Gasteiger partial charge in [0.25, 0.3) is 0 Å². The van der Waals surface area contributed by atoms with E-state index in [1.807, 2.05) is 109 Å². The molecule has 1 aliphatic rings. The minimum atomic E-state index is -0.158. The molecule has 0 amide bonds. The van der Waals surface area contributed by atoms with Crippen LogP contribution in [-0.2, 0) is 6.42 Å². The number of anilines is 1. The van der Waals surface area contributed by atoms with Gasteiger partial charge >= 0.3 is 0 Å². The van der Waals surface area contributed by atoms with Crippen LogP contribution in [0.2, 0.25) is 0 Å². The van der Waals surface area contributed by atoms with E-state index in [-0.39, 0.29) is 12.0 Å². The Morgan fingerprint density at radius 2 is 1.47 bits per heavy atom. The number of allylic oxidation sites excluding steroid dienone is 2. The van der Waals surface area contributed by atoms with Gasteiger partial charge in [-0.15, -0.1) is 0 Å². The Balaban J connectivity index is 0.000000445. The molecule has 3 aromatic carbocycles. The minimum absolute atomic E-state index is 0.158. The molecule has 182 valence electrons. The molecule has 0 bridgehead atoms. The number of nitrogens with two attached hydrogens (primary N) is 1. The average molecular weight is 480 g/mol. The molecular weight excluding hydrogens is 450 g/mol. The lowest BCUT2D eigenvalue weighted by Crippen LogP contribution is -2.27. The summed E-state index contributed by atoms with van der Waals surface area (Å²) in [5, 5.41) is 0. The molecule has 0 aliphatic carbocycles. The number of nitrogen functional groups attached to an aromatic ring is 1. The van der Waals surface area contributed by atoms with E-state index in [2.05, 4.69) is 4.99 Å². The summed E-state index contributed by atoms with van der Waals surface area (Å²) in [7, 11) is 1.62. The summed E-state index contributed by atoms with van der Waals surface area (Å²) in [5.41, 5.74) is 9.76. The van der Waals surface area contributed by atoms with Crippen molar-refractivity contribution in [2.75, 3.05) is 19.5 Å². The van der Waals surface area contributed by atoms with Crippen LogP contribution in [0.3, 0.4) is 0 Å². The van der Waals surface area contributed by atoms with E-state index >= 15 is 0 Å². The van der Waals surface area contributed by atoms with Gasteiger partial charge in [0, 0.05) is 29.6 Å². The number of nitrogens with zero attached hydrogens (tertiary/aromatic N) is 2. The number of ether oxygens (including phenoxy) is 2. The molecule has 4 aromatic rings. The van der Waals surface area contributed by atoms with Crippen LogP contribution in [0.4, 0.5) is 5.82 Å². The maximum atomic E-state index is 13.0. The molecule has 2 heterocycles. The Morgan fingerprint density at radius 1 is 0.889 bits per heavy atom. The first-order valence-electron chi connectivity index (χ1n) is 11.7. The number of benzene rings is 3. The van der Waals surface area contributed by atoms with Crippen molar-refractivity contribution < 1.29 is 9.47 Å². The molecule has 0 unspecified atom stereocenters. The lowest BCUT2D eigenvalue weighted by atomic mass is 10.0. The third-order valence-electron chi connectivity index (χ3n) is 5.65. The number of hydrogen-bond acceptors (Lipinski definition) is 5. The zero-order chi connectivity index (χ0) is 25.3. The number of para-hydroxylation sites is 1. The first kappa shape index (κ1) is 24.5. The fraction of sp³-hybridized carbons (Fsp3) is 0.133. The van der Waals surface area contributed by atoms with Crippen molar-refractivity contribution in [3.63, 3.8) is 0 Å². The van der Waals surface area contributed by atoms with E-state index in [1.165, 1.54) is 6.07 Å². The van der Waals surface area contributed by atoms with Crippen molar-refractivity contribution in [1.82, 2.24) is 4.57 Å². The van der Waals surface area contributed by atoms with Crippen molar-refractivity contribution in [3.05, 3.63) is 130 Å². The molecule has 0 radical (unpaired) electrons. The van der Waals surface area contributed by atoms with Gasteiger partial charge in [0.05, 0.1) is 18.4 Å². The largest absolute Gasteiger partial charge is 0.497 e. The topological polar surface area (TPSA) is 78.8 Å². The van der Waals surface area contributed by atoms with Crippen molar-refractivity contribution in [2.45, 2.75) is 13.3 Å². The van der Waals surface area contributed by atoms with Crippen molar-refractivity contribution in [1.29, 1.82) is 0 Å². The first-order chi connectivity index (χ1) is 17.6. The monoisotopic (exact) mass is 479 g/mol. The molecule has 1 aromatic heterocycles. The van der Waals surface area contributed by atoms with Crippen LogP contribution >= 0.6 is 0 Å². The molecule has 6 heteroatoms. The molecule has 36 heavy (non-hydrogen) atoms. The fourth-order valence-corrected chi connectivity index (χ4v) is 3.94. The number of fused-ring (bicyclic) bond motifs is 1. The summed E-state index contributed by atoms with van der Waals surface area (Å²) in [6.07, 6.45) is 2.55. The van der Waals surface area contributed by atoms with Gasteiger partial charge in [0.15, 0.2) is 5.43 Å². The second-order valence-electron chi connectivity index (χ2n) is 8.15. The summed E-state index contributed by atoms with van der Waals surface area (Å²) in [6, 6.07) is 30.5. The predicted molar refractivity (Wildman–Crippen MR) is 145 cm³/mol. The molecule has 0 fully saturated rings. The molecule has 1 aliphatic heterocycles. The van der Waals surface area contributed by atoms with Crippen LogP contribution in [0, 0.1) is 0 Å². The molecule has 6 nitrogen and oxygen atoms in total. The smallest absolute Gasteiger partial charge is 0.193 e. The summed E-state index contributed by atoms with van der Waals surface area (Å²) < 4.78 is 13.0. The van der Waals surface area contributed by atoms with E-state index in [9.17, 15) is 4.79 Å². The van der Waals surface area contributed by atoms with Crippen LogP contribution in [0.5, 0.6) is 11.5 Å². The van der Waals surface area contributed by atoms with E-state index in [0.29, 0.717) is 29.3 Å². The molecule has 0 saturated heterocycles. The zero-order valence-corrected chi connectivity index (χ0v) is 20.4. The molecule has 0 atom stereocenters. The van der Waals surface area contributed by atoms with E-state index < -0.39 is 0 Å². The first-order valence-corrected chi connectivity index (χ1v) is 11.7. The standard InChI is InChI=1S/C24H23N3O3.C6H6/c1-16-8-13-21-24(20(26-16)15-30-19-11-9-18(29-2)10-12-19)22(28)14-23(25)27(21)17-6-4-3-5-7-17;1-2-4-6-5-3-1/h3-12,14H,13,15,25H2,1-2H3;1-6H. The van der Waals surface area contributed by atoms with Gasteiger partial charge in [-0.25, -0.2) is 0 Å². The number of rotatable bonds is 5. The highest BCUT2D eigenvalue weighted by molar-refractivity contribution is 6.03. The van der Waals surface area contributed by atoms with E-state index in [4.69, 9.17) is 15.2 Å². The second kappa shape index (κ2) is 11.7. The van der Waals surface area contributed by atoms with Crippen molar-refractivity contribution in [3.8, 4) is 17.2 Å². The van der Waals surface area contributed by atoms with E-state index in [0.717, 1.165) is 22.8 Å². The zero-order valence-electron chi connectivity index (χ0n) is 20.4. The summed E-state index contributed by atoms with van der Waals surface area (Å²) in [4.78, 5) is 17.6. The van der Waals surface area contributed by atoms with Crippen LogP contribution < -0.4 is 20.6 Å². The maximum absolute atomic E-state index is 13.0. The Hall–Kier alpha value is -4.58. The number of hydrogen-bond donors (Lipinski definition) is 1. The fourth-order valence-electron chi connectivity index (χ4n) is 3.94. The summed E-state index contributed by atoms with van der Waals surface area (Å²) in [6.45, 7) is 2.08. The number of aliphatic imine (C=N–C) groups is 1. The van der Waals surface area contributed by atoms with Crippen LogP contribution in [0.25, 0.3) is 5.69 Å². The normalized spacial score (nSPS) is 12.2. The van der Waals surface area contributed by atoms with Crippen molar-refractivity contribution >= 4 is 11.5 Å². The highest BCUT2D eigenvalue weighted by atomic mass is 16.5. The van der Waals surface area contributed by atoms with Crippen LogP contribution in [-0.4, -0.2) is 24.0 Å². The van der Waals surface area contributed by atoms with Gasteiger partial charge in [-0.3, -0.25) is 14.4 Å². The van der Waals surface area contributed by atoms with Crippen LogP contribution in [0.1, 0.15) is 18.2 Å². The third kappa shape index (κ3) is 5.91. The molecule has 0 spiro atoms. The lowest BCUT2D eigenvalue weighted by Gasteiger charge is -2.19. The molecule has 2 N–H and O–H groups in total. The quantitative estimate of drug-likeness (QED) is 0.413. The van der Waals surface area contributed by atoms with Gasteiger partial charge < -0.3 is 15.2 Å².